The molecule has 33 heavy (non-hydrogen) atoms. The number of likely N-dealkylation sites (N-methyl/N-ethyl adjacent to an activating group) is 1. The van der Waals surface area contributed by atoms with Gasteiger partial charge in [0.15, 0.2) is 0 Å². The summed E-state index contributed by atoms with van der Waals surface area (Å²) in [7, 11) is -0.784. The lowest BCUT2D eigenvalue weighted by Gasteiger charge is -2.27. The Kier molecular flexibility index (Phi) is 7.95. The Morgan fingerprint density at radius 2 is 1.55 bits per heavy atom. The molecule has 0 unspecified atom stereocenters. The number of methoxy groups -OCH3 is 1. The van der Waals surface area contributed by atoms with Crippen molar-refractivity contribution in [3.63, 3.8) is 0 Å². The molecule has 0 aliphatic heterocycles. The van der Waals surface area contributed by atoms with E-state index in [1.165, 1.54) is 17.0 Å². The third-order valence-electron chi connectivity index (χ3n) is 5.07. The van der Waals surface area contributed by atoms with E-state index in [9.17, 15) is 13.2 Å². The molecule has 8 heteroatoms. The average molecular weight is 469 g/mol. The molecule has 0 N–H and O–H groups in total. The summed E-state index contributed by atoms with van der Waals surface area (Å²) in [4.78, 5) is 14.7. The summed E-state index contributed by atoms with van der Waals surface area (Å²) in [5.74, 6) is 0.897. The van der Waals surface area contributed by atoms with Crippen LogP contribution in [0.1, 0.15) is 12.5 Å². The van der Waals surface area contributed by atoms with Crippen LogP contribution in [0.15, 0.2) is 83.8 Å². The van der Waals surface area contributed by atoms with Crippen molar-refractivity contribution in [2.75, 3.05) is 31.6 Å². The maximum absolute atomic E-state index is 13.5. The first kappa shape index (κ1) is 24.1. The molecule has 0 saturated carbocycles. The van der Waals surface area contributed by atoms with Crippen molar-refractivity contribution in [3.8, 4) is 11.5 Å². The summed E-state index contributed by atoms with van der Waals surface area (Å²) < 4.78 is 38.9. The van der Waals surface area contributed by atoms with Gasteiger partial charge in [-0.15, -0.1) is 0 Å². The van der Waals surface area contributed by atoms with Crippen LogP contribution in [-0.2, 0) is 21.4 Å². The van der Waals surface area contributed by atoms with Gasteiger partial charge in [-0.25, -0.2) is 8.42 Å². The lowest BCUT2D eigenvalue weighted by atomic mass is 10.2. The monoisotopic (exact) mass is 468 g/mol. The predicted molar refractivity (Wildman–Crippen MR) is 128 cm³/mol. The number of para-hydroxylation sites is 2. The van der Waals surface area contributed by atoms with E-state index in [0.717, 1.165) is 9.87 Å². The summed E-state index contributed by atoms with van der Waals surface area (Å²) in [6.07, 6.45) is 0. The smallest absolute Gasteiger partial charge is 0.264 e. The van der Waals surface area contributed by atoms with Crippen LogP contribution in [0.4, 0.5) is 5.69 Å². The molecule has 0 radical (unpaired) electrons. The van der Waals surface area contributed by atoms with Crippen molar-refractivity contribution < 1.29 is 22.7 Å². The van der Waals surface area contributed by atoms with E-state index in [-0.39, 0.29) is 23.9 Å². The van der Waals surface area contributed by atoms with Crippen LogP contribution in [0.25, 0.3) is 0 Å². The fourth-order valence-electron chi connectivity index (χ4n) is 3.33. The summed E-state index contributed by atoms with van der Waals surface area (Å²) >= 11 is 0. The van der Waals surface area contributed by atoms with Crippen molar-refractivity contribution in [1.29, 1.82) is 0 Å². The molecule has 3 rings (SSSR count). The number of nitrogens with zero attached hydrogens (tertiary/aromatic N) is 2. The van der Waals surface area contributed by atoms with E-state index in [0.29, 0.717) is 23.8 Å². The molecular weight excluding hydrogens is 440 g/mol. The fourth-order valence-corrected chi connectivity index (χ4v) is 4.75. The minimum absolute atomic E-state index is 0.0787. The number of hydrogen-bond donors (Lipinski definition) is 0. The van der Waals surface area contributed by atoms with Gasteiger partial charge in [0.25, 0.3) is 10.0 Å². The highest BCUT2D eigenvalue weighted by Gasteiger charge is 2.28. The molecular formula is C25H28N2O5S. The fraction of sp³-hybridized carbons (Fsp3) is 0.240. The molecule has 0 saturated heterocycles. The Morgan fingerprint density at radius 3 is 2.18 bits per heavy atom. The highest BCUT2D eigenvalue weighted by molar-refractivity contribution is 7.92. The number of carbonyl (C=O) groups is 1. The second-order valence-corrected chi connectivity index (χ2v) is 9.18. The Labute approximate surface area is 195 Å². The van der Waals surface area contributed by atoms with Gasteiger partial charge in [0.05, 0.1) is 24.3 Å². The van der Waals surface area contributed by atoms with Gasteiger partial charge in [-0.05, 0) is 49.4 Å². The van der Waals surface area contributed by atoms with Crippen LogP contribution < -0.4 is 13.8 Å². The van der Waals surface area contributed by atoms with Crippen LogP contribution in [-0.4, -0.2) is 46.5 Å². The topological polar surface area (TPSA) is 76.2 Å². The highest BCUT2D eigenvalue weighted by atomic mass is 32.2. The van der Waals surface area contributed by atoms with Gasteiger partial charge in [0.2, 0.25) is 5.91 Å². The normalized spacial score (nSPS) is 11.0. The minimum atomic E-state index is -3.99. The zero-order chi connectivity index (χ0) is 23.8. The number of amides is 1. The zero-order valence-electron chi connectivity index (χ0n) is 19.0. The summed E-state index contributed by atoms with van der Waals surface area (Å²) in [6.45, 7) is 2.28. The van der Waals surface area contributed by atoms with Crippen LogP contribution in [0, 0.1) is 0 Å². The number of rotatable bonds is 10. The highest BCUT2D eigenvalue weighted by Crippen LogP contribution is 2.26. The molecule has 3 aromatic carbocycles. The van der Waals surface area contributed by atoms with Gasteiger partial charge in [-0.1, -0.05) is 36.4 Å². The van der Waals surface area contributed by atoms with Crippen molar-refractivity contribution in [1.82, 2.24) is 4.90 Å². The Balaban J connectivity index is 1.87. The quantitative estimate of drug-likeness (QED) is 0.450. The van der Waals surface area contributed by atoms with Crippen molar-refractivity contribution >= 4 is 21.6 Å². The Morgan fingerprint density at radius 1 is 0.909 bits per heavy atom. The van der Waals surface area contributed by atoms with Crippen LogP contribution in [0.2, 0.25) is 0 Å². The SMILES string of the molecule is CCOc1ccc(S(=O)(=O)N(CC(=O)N(C)Cc2ccccc2OC)c2ccccc2)cc1. The average Bonchev–Trinajstić information content (AvgIpc) is 2.83. The first-order valence-electron chi connectivity index (χ1n) is 10.5. The summed E-state index contributed by atoms with van der Waals surface area (Å²) in [6, 6.07) is 22.2. The second kappa shape index (κ2) is 10.9. The van der Waals surface area contributed by atoms with E-state index < -0.39 is 10.0 Å². The molecule has 0 heterocycles. The molecule has 0 fully saturated rings. The number of carbonyl (C=O) groups excluding carboxylic acids is 1. The first-order valence-corrected chi connectivity index (χ1v) is 12.0. The summed E-state index contributed by atoms with van der Waals surface area (Å²) in [5, 5.41) is 0. The van der Waals surface area contributed by atoms with Crippen LogP contribution in [0.5, 0.6) is 11.5 Å². The summed E-state index contributed by atoms with van der Waals surface area (Å²) in [5.41, 5.74) is 1.24. The molecule has 0 spiro atoms. The van der Waals surface area contributed by atoms with Gasteiger partial charge in [0.1, 0.15) is 18.0 Å². The molecule has 1 amide bonds. The Hall–Kier alpha value is -3.52. The lowest BCUT2D eigenvalue weighted by Crippen LogP contribution is -2.41. The minimum Gasteiger partial charge on any atom is -0.496 e. The van der Waals surface area contributed by atoms with Crippen molar-refractivity contribution in [3.05, 3.63) is 84.4 Å². The molecule has 0 bridgehead atoms. The van der Waals surface area contributed by atoms with E-state index in [2.05, 4.69) is 0 Å². The molecule has 174 valence electrons. The number of ether oxygens (including phenoxy) is 2. The van der Waals surface area contributed by atoms with Gasteiger partial charge in [0, 0.05) is 19.2 Å². The third kappa shape index (κ3) is 5.84. The van der Waals surface area contributed by atoms with Gasteiger partial charge in [-0.2, -0.15) is 0 Å². The molecule has 3 aromatic rings. The molecule has 7 nitrogen and oxygen atoms in total. The van der Waals surface area contributed by atoms with Gasteiger partial charge in [-0.3, -0.25) is 9.10 Å². The van der Waals surface area contributed by atoms with E-state index in [1.807, 2.05) is 31.2 Å². The second-order valence-electron chi connectivity index (χ2n) is 7.31. The maximum atomic E-state index is 13.5. The van der Waals surface area contributed by atoms with Crippen molar-refractivity contribution in [2.45, 2.75) is 18.4 Å². The maximum Gasteiger partial charge on any atom is 0.264 e. The molecule has 0 aromatic heterocycles. The third-order valence-corrected chi connectivity index (χ3v) is 6.86. The lowest BCUT2D eigenvalue weighted by molar-refractivity contribution is -0.128. The molecule has 0 aliphatic carbocycles. The van der Waals surface area contributed by atoms with E-state index in [4.69, 9.17) is 9.47 Å². The van der Waals surface area contributed by atoms with E-state index >= 15 is 0 Å². The predicted octanol–water partition coefficient (Wildman–Crippen LogP) is 3.95. The van der Waals surface area contributed by atoms with Gasteiger partial charge >= 0.3 is 0 Å². The zero-order valence-corrected chi connectivity index (χ0v) is 19.8. The Bertz CT molecular complexity index is 1160. The number of hydrogen-bond acceptors (Lipinski definition) is 5. The van der Waals surface area contributed by atoms with Gasteiger partial charge < -0.3 is 14.4 Å². The van der Waals surface area contributed by atoms with E-state index in [1.54, 1.807) is 56.6 Å². The van der Waals surface area contributed by atoms with Crippen LogP contribution in [0.3, 0.4) is 0 Å². The van der Waals surface area contributed by atoms with Crippen LogP contribution >= 0.6 is 0 Å². The number of anilines is 1. The van der Waals surface area contributed by atoms with Crippen molar-refractivity contribution in [2.24, 2.45) is 0 Å². The molecule has 0 atom stereocenters. The largest absolute Gasteiger partial charge is 0.496 e. The number of sulfonamides is 1. The molecule has 0 aliphatic rings. The first-order chi connectivity index (χ1) is 15.9. The standard InChI is InChI=1S/C25H28N2O5S/c1-4-32-22-14-16-23(17-15-22)33(29,30)27(21-11-6-5-7-12-21)19-25(28)26(2)18-20-10-8-9-13-24(20)31-3/h5-17H,4,18-19H2,1-3H3. The number of benzene rings is 3.